The van der Waals surface area contributed by atoms with Gasteiger partial charge in [-0.25, -0.2) is 21.6 Å². The summed E-state index contributed by atoms with van der Waals surface area (Å²) in [5, 5.41) is 6.65. The van der Waals surface area contributed by atoms with Gasteiger partial charge in [0.1, 0.15) is 5.69 Å². The number of nitrogens with zero attached hydrogens (tertiary/aromatic N) is 1. The van der Waals surface area contributed by atoms with Gasteiger partial charge in [0.15, 0.2) is 15.6 Å². The third-order valence-electron chi connectivity index (χ3n) is 3.89. The lowest BCUT2D eigenvalue weighted by Crippen LogP contribution is -2.35. The van der Waals surface area contributed by atoms with Crippen LogP contribution in [0.3, 0.4) is 0 Å². The maximum Gasteiger partial charge on any atom is 0.274 e. The van der Waals surface area contributed by atoms with E-state index in [2.05, 4.69) is 14.9 Å². The fourth-order valence-corrected chi connectivity index (χ4v) is 5.46. The summed E-state index contributed by atoms with van der Waals surface area (Å²) >= 11 is 0. The molecule has 0 aromatic carbocycles. The number of hydrogen-bond donors (Lipinski definition) is 2. The van der Waals surface area contributed by atoms with Crippen LogP contribution in [0, 0.1) is 13.8 Å². The highest BCUT2D eigenvalue weighted by Crippen LogP contribution is 2.27. The number of H-pyrrole nitrogens is 1. The summed E-state index contributed by atoms with van der Waals surface area (Å²) in [5.74, 6) is 0.151. The molecule has 0 amide bonds. The monoisotopic (exact) mass is 359 g/mol. The van der Waals surface area contributed by atoms with Crippen molar-refractivity contribution in [2.75, 3.05) is 11.5 Å². The standard InChI is InChI=1S/C13H17N3O5S2/c1-8-9(2)14-15-13(8)11-3-4-12(21-11)23(19,20)16-10-5-6-22(17,18)7-10/h3-4,10,16H,5-7H2,1-2H3,(H,14,15)/t10-/m0/s1. The SMILES string of the molecule is Cc1[nH]nc(-c2ccc(S(=O)(=O)N[C@H]3CCS(=O)(=O)C3)o2)c1C. The Bertz CT molecular complexity index is 940. The molecule has 8 nitrogen and oxygen atoms in total. The van der Waals surface area contributed by atoms with Gasteiger partial charge in [0.25, 0.3) is 10.0 Å². The quantitative estimate of drug-likeness (QED) is 0.831. The minimum atomic E-state index is -3.91. The first kappa shape index (κ1) is 16.2. The van der Waals surface area contributed by atoms with Crippen molar-refractivity contribution in [3.8, 4) is 11.5 Å². The van der Waals surface area contributed by atoms with E-state index in [1.165, 1.54) is 12.1 Å². The molecule has 0 bridgehead atoms. The molecule has 0 saturated carbocycles. The fraction of sp³-hybridized carbons (Fsp3) is 0.462. The summed E-state index contributed by atoms with van der Waals surface area (Å²) in [5.41, 5.74) is 2.29. The third kappa shape index (κ3) is 3.19. The normalized spacial score (nSPS) is 20.9. The van der Waals surface area contributed by atoms with E-state index in [-0.39, 0.29) is 23.0 Å². The summed E-state index contributed by atoms with van der Waals surface area (Å²) in [6.07, 6.45) is 0.271. The topological polar surface area (TPSA) is 122 Å². The van der Waals surface area contributed by atoms with Crippen molar-refractivity contribution in [2.24, 2.45) is 0 Å². The number of furan rings is 1. The molecule has 126 valence electrons. The molecule has 3 heterocycles. The van der Waals surface area contributed by atoms with Crippen LogP contribution in [0.1, 0.15) is 17.7 Å². The van der Waals surface area contributed by atoms with Gasteiger partial charge in [-0.3, -0.25) is 5.10 Å². The third-order valence-corrected chi connectivity index (χ3v) is 7.05. The largest absolute Gasteiger partial charge is 0.442 e. The minimum Gasteiger partial charge on any atom is -0.442 e. The highest BCUT2D eigenvalue weighted by molar-refractivity contribution is 7.92. The summed E-state index contributed by atoms with van der Waals surface area (Å²) < 4.78 is 55.2. The molecule has 23 heavy (non-hydrogen) atoms. The number of aromatic amines is 1. The molecule has 1 saturated heterocycles. The van der Waals surface area contributed by atoms with Gasteiger partial charge < -0.3 is 4.42 Å². The number of hydrogen-bond acceptors (Lipinski definition) is 6. The molecule has 1 aliphatic rings. The smallest absolute Gasteiger partial charge is 0.274 e. The lowest BCUT2D eigenvalue weighted by atomic mass is 10.2. The zero-order chi connectivity index (χ0) is 16.8. The van der Waals surface area contributed by atoms with Crippen molar-refractivity contribution < 1.29 is 21.3 Å². The number of rotatable bonds is 4. The Hall–Kier alpha value is -1.65. The lowest BCUT2D eigenvalue weighted by molar-refractivity contribution is 0.451. The molecule has 3 rings (SSSR count). The van der Waals surface area contributed by atoms with Gasteiger partial charge in [-0.1, -0.05) is 0 Å². The van der Waals surface area contributed by atoms with E-state index < -0.39 is 25.9 Å². The van der Waals surface area contributed by atoms with Crippen molar-refractivity contribution in [1.29, 1.82) is 0 Å². The van der Waals surface area contributed by atoms with Gasteiger partial charge in [-0.2, -0.15) is 5.10 Å². The summed E-state index contributed by atoms with van der Waals surface area (Å²) in [6.45, 7) is 3.71. The second-order valence-corrected chi connectivity index (χ2v) is 9.54. The highest BCUT2D eigenvalue weighted by Gasteiger charge is 2.32. The number of aryl methyl sites for hydroxylation is 1. The Balaban J connectivity index is 1.83. The maximum absolute atomic E-state index is 12.3. The maximum atomic E-state index is 12.3. The molecule has 10 heteroatoms. The van der Waals surface area contributed by atoms with Crippen LogP contribution < -0.4 is 4.72 Å². The van der Waals surface area contributed by atoms with Crippen LogP contribution in [0.2, 0.25) is 0 Å². The van der Waals surface area contributed by atoms with Crippen molar-refractivity contribution in [3.05, 3.63) is 23.4 Å². The molecule has 0 radical (unpaired) electrons. The molecule has 0 unspecified atom stereocenters. The predicted molar refractivity (Wildman–Crippen MR) is 83.1 cm³/mol. The molecule has 1 fully saturated rings. The van der Waals surface area contributed by atoms with Crippen LogP contribution >= 0.6 is 0 Å². The molecule has 2 N–H and O–H groups in total. The van der Waals surface area contributed by atoms with E-state index in [1.807, 2.05) is 13.8 Å². The van der Waals surface area contributed by atoms with Crippen LogP contribution in [0.5, 0.6) is 0 Å². The molecular weight excluding hydrogens is 342 g/mol. The van der Waals surface area contributed by atoms with Gasteiger partial charge in [0.05, 0.1) is 11.5 Å². The van der Waals surface area contributed by atoms with E-state index in [4.69, 9.17) is 4.42 Å². The number of nitrogens with one attached hydrogen (secondary N) is 2. The average Bonchev–Trinajstić information content (AvgIpc) is 3.12. The lowest BCUT2D eigenvalue weighted by Gasteiger charge is -2.09. The molecule has 1 aliphatic heterocycles. The van der Waals surface area contributed by atoms with E-state index in [1.54, 1.807) is 0 Å². The first-order chi connectivity index (χ1) is 10.7. The van der Waals surface area contributed by atoms with Crippen LogP contribution in [-0.4, -0.2) is 44.6 Å². The first-order valence-electron chi connectivity index (χ1n) is 7.02. The number of aromatic nitrogens is 2. The van der Waals surface area contributed by atoms with Crippen LogP contribution in [0.25, 0.3) is 11.5 Å². The highest BCUT2D eigenvalue weighted by atomic mass is 32.2. The van der Waals surface area contributed by atoms with Crippen molar-refractivity contribution in [2.45, 2.75) is 31.4 Å². The second-order valence-electron chi connectivity index (χ2n) is 5.66. The minimum absolute atomic E-state index is 0.00463. The Morgan fingerprint density at radius 2 is 2.09 bits per heavy atom. The van der Waals surface area contributed by atoms with E-state index in [0.29, 0.717) is 11.5 Å². The van der Waals surface area contributed by atoms with Crippen molar-refractivity contribution in [3.63, 3.8) is 0 Å². The van der Waals surface area contributed by atoms with E-state index in [9.17, 15) is 16.8 Å². The number of sulfonamides is 1. The van der Waals surface area contributed by atoms with Crippen LogP contribution in [0.15, 0.2) is 21.6 Å². The van der Waals surface area contributed by atoms with Crippen molar-refractivity contribution >= 4 is 19.9 Å². The summed E-state index contributed by atoms with van der Waals surface area (Å²) in [4.78, 5) is 0. The average molecular weight is 359 g/mol. The Labute approximate surface area is 134 Å². The zero-order valence-corrected chi connectivity index (χ0v) is 14.3. The van der Waals surface area contributed by atoms with Crippen molar-refractivity contribution in [1.82, 2.24) is 14.9 Å². The Kier molecular flexibility index (Phi) is 3.85. The van der Waals surface area contributed by atoms with Crippen LogP contribution in [0.4, 0.5) is 0 Å². The van der Waals surface area contributed by atoms with Gasteiger partial charge in [-0.05, 0) is 32.4 Å². The molecule has 2 aromatic heterocycles. The molecule has 2 aromatic rings. The van der Waals surface area contributed by atoms with E-state index in [0.717, 1.165) is 11.3 Å². The zero-order valence-electron chi connectivity index (χ0n) is 12.7. The molecular formula is C13H17N3O5S2. The molecule has 0 aliphatic carbocycles. The van der Waals surface area contributed by atoms with Gasteiger partial charge in [0, 0.05) is 17.3 Å². The summed E-state index contributed by atoms with van der Waals surface area (Å²) in [6, 6.07) is 2.25. The summed E-state index contributed by atoms with van der Waals surface area (Å²) in [7, 11) is -7.07. The fourth-order valence-electron chi connectivity index (χ4n) is 2.48. The molecule has 1 atom stereocenters. The van der Waals surface area contributed by atoms with Gasteiger partial charge >= 0.3 is 0 Å². The molecule has 0 spiro atoms. The first-order valence-corrected chi connectivity index (χ1v) is 10.3. The van der Waals surface area contributed by atoms with E-state index >= 15 is 0 Å². The van der Waals surface area contributed by atoms with Gasteiger partial charge in [0.2, 0.25) is 5.09 Å². The van der Waals surface area contributed by atoms with Crippen LogP contribution in [-0.2, 0) is 19.9 Å². The second kappa shape index (κ2) is 5.46. The predicted octanol–water partition coefficient (Wildman–Crippen LogP) is 0.752. The van der Waals surface area contributed by atoms with Gasteiger partial charge in [-0.15, -0.1) is 0 Å². The number of sulfone groups is 1. The Morgan fingerprint density at radius 3 is 2.65 bits per heavy atom. The Morgan fingerprint density at radius 1 is 1.35 bits per heavy atom.